The van der Waals surface area contributed by atoms with E-state index in [2.05, 4.69) is 0 Å². The van der Waals surface area contributed by atoms with Gasteiger partial charge in [0.1, 0.15) is 5.75 Å². The molecule has 0 radical (unpaired) electrons. The van der Waals surface area contributed by atoms with E-state index in [4.69, 9.17) is 10.8 Å². The average molecular weight is 237 g/mol. The van der Waals surface area contributed by atoms with Gasteiger partial charge < -0.3 is 23.2 Å². The summed E-state index contributed by atoms with van der Waals surface area (Å²) in [5, 5.41) is 8.63. The second-order valence-electron chi connectivity index (χ2n) is 3.03. The summed E-state index contributed by atoms with van der Waals surface area (Å²) in [7, 11) is 0. The van der Waals surface area contributed by atoms with Crippen molar-refractivity contribution in [2.45, 2.75) is 6.54 Å². The van der Waals surface area contributed by atoms with E-state index in [1.54, 1.807) is 24.3 Å². The fourth-order valence-electron chi connectivity index (χ4n) is 1.04. The Bertz CT molecular complexity index is 364. The summed E-state index contributed by atoms with van der Waals surface area (Å²) in [4.78, 5) is 0. The van der Waals surface area contributed by atoms with Gasteiger partial charge in [0, 0.05) is 6.54 Å². The van der Waals surface area contributed by atoms with Crippen molar-refractivity contribution in [1.29, 1.82) is 0 Å². The van der Waals surface area contributed by atoms with E-state index in [1.165, 1.54) is 5.56 Å². The number of phenolic OH excluding ortho intramolecular Hbond substituents is 1. The number of halogens is 1. The van der Waals surface area contributed by atoms with Gasteiger partial charge >= 0.3 is 0 Å². The monoisotopic (exact) mass is 236 g/mol. The van der Waals surface area contributed by atoms with Gasteiger partial charge in [0.25, 0.3) is 0 Å². The molecule has 3 heteroatoms. The highest BCUT2D eigenvalue weighted by molar-refractivity contribution is 5.18. The fourth-order valence-corrected chi connectivity index (χ4v) is 1.04. The maximum Gasteiger partial charge on any atom is 0.115 e. The lowest BCUT2D eigenvalue weighted by Crippen LogP contribution is -3.00. The first kappa shape index (κ1) is 14.5. The number of benzene rings is 2. The Morgan fingerprint density at radius 2 is 1.25 bits per heavy atom. The molecule has 2 aromatic carbocycles. The second-order valence-corrected chi connectivity index (χ2v) is 3.03. The van der Waals surface area contributed by atoms with Crippen LogP contribution in [-0.4, -0.2) is 5.11 Å². The molecule has 0 aliphatic heterocycles. The van der Waals surface area contributed by atoms with Gasteiger partial charge in [-0.05, 0) is 17.7 Å². The third-order valence-electron chi connectivity index (χ3n) is 1.83. The first-order valence-corrected chi connectivity index (χ1v) is 4.81. The molecular weight excluding hydrogens is 222 g/mol. The van der Waals surface area contributed by atoms with Crippen LogP contribution < -0.4 is 18.1 Å². The summed E-state index contributed by atoms with van der Waals surface area (Å²) < 4.78 is 0. The molecule has 0 saturated carbocycles. The maximum absolute atomic E-state index is 8.63. The van der Waals surface area contributed by atoms with Crippen molar-refractivity contribution in [1.82, 2.24) is 0 Å². The molecule has 0 aromatic heterocycles. The van der Waals surface area contributed by atoms with Crippen LogP contribution in [0.1, 0.15) is 5.56 Å². The second kappa shape index (κ2) is 8.77. The molecule has 2 nitrogen and oxygen atoms in total. The predicted octanol–water partition coefficient (Wildman–Crippen LogP) is -0.458. The minimum atomic E-state index is 0. The number of hydrogen-bond donors (Lipinski definition) is 2. The minimum absolute atomic E-state index is 0. The zero-order valence-corrected chi connectivity index (χ0v) is 9.64. The lowest BCUT2D eigenvalue weighted by atomic mass is 10.2. The van der Waals surface area contributed by atoms with Crippen molar-refractivity contribution in [2.75, 3.05) is 0 Å². The van der Waals surface area contributed by atoms with Gasteiger partial charge in [0.2, 0.25) is 0 Å². The Labute approximate surface area is 102 Å². The van der Waals surface area contributed by atoms with Crippen molar-refractivity contribution in [3.8, 4) is 5.75 Å². The Balaban J connectivity index is 0.000000267. The maximum atomic E-state index is 8.63. The van der Waals surface area contributed by atoms with Crippen LogP contribution in [0, 0.1) is 0 Å². The summed E-state index contributed by atoms with van der Waals surface area (Å²) >= 11 is 0. The molecule has 0 spiro atoms. The Morgan fingerprint density at radius 3 is 1.50 bits per heavy atom. The van der Waals surface area contributed by atoms with Gasteiger partial charge in [-0.25, -0.2) is 0 Å². The van der Waals surface area contributed by atoms with Gasteiger partial charge in [-0.3, -0.25) is 0 Å². The first-order valence-electron chi connectivity index (χ1n) is 4.81. The van der Waals surface area contributed by atoms with Crippen LogP contribution in [-0.2, 0) is 6.54 Å². The molecule has 2 aromatic rings. The minimum Gasteiger partial charge on any atom is -1.00 e. The van der Waals surface area contributed by atoms with Crippen LogP contribution in [0.3, 0.4) is 0 Å². The van der Waals surface area contributed by atoms with Crippen molar-refractivity contribution in [3.63, 3.8) is 0 Å². The Morgan fingerprint density at radius 1 is 0.812 bits per heavy atom. The molecule has 0 fully saturated rings. The summed E-state index contributed by atoms with van der Waals surface area (Å²) in [5.74, 6) is 0.322. The molecule has 0 unspecified atom stereocenters. The topological polar surface area (TPSA) is 46.2 Å². The molecule has 0 atom stereocenters. The molecular formula is C13H15ClNO-. The van der Waals surface area contributed by atoms with E-state index < -0.39 is 0 Å². The van der Waals surface area contributed by atoms with Gasteiger partial charge in [-0.1, -0.05) is 48.5 Å². The van der Waals surface area contributed by atoms with Crippen LogP contribution in [0.15, 0.2) is 60.7 Å². The summed E-state index contributed by atoms with van der Waals surface area (Å²) in [6.45, 7) is 0.640. The van der Waals surface area contributed by atoms with Crippen LogP contribution in [0.5, 0.6) is 5.75 Å². The molecule has 0 heterocycles. The smallest absolute Gasteiger partial charge is 0.115 e. The van der Waals surface area contributed by atoms with Gasteiger partial charge in [0.05, 0.1) is 0 Å². The fraction of sp³-hybridized carbons (Fsp3) is 0.0769. The normalized spacial score (nSPS) is 8.31. The molecule has 0 amide bonds. The van der Waals surface area contributed by atoms with Crippen molar-refractivity contribution < 1.29 is 17.5 Å². The van der Waals surface area contributed by atoms with E-state index in [9.17, 15) is 0 Å². The van der Waals surface area contributed by atoms with Gasteiger partial charge in [-0.15, -0.1) is 0 Å². The molecule has 0 bridgehead atoms. The lowest BCUT2D eigenvalue weighted by Gasteiger charge is -1.90. The highest BCUT2D eigenvalue weighted by atomic mass is 35.5. The summed E-state index contributed by atoms with van der Waals surface area (Å²) in [5.41, 5.74) is 6.54. The zero-order chi connectivity index (χ0) is 10.9. The van der Waals surface area contributed by atoms with E-state index >= 15 is 0 Å². The van der Waals surface area contributed by atoms with Crippen molar-refractivity contribution in [3.05, 3.63) is 66.2 Å². The van der Waals surface area contributed by atoms with Crippen LogP contribution in [0.25, 0.3) is 0 Å². The Kier molecular flexibility index (Phi) is 7.94. The number of hydrogen-bond acceptors (Lipinski definition) is 2. The van der Waals surface area contributed by atoms with E-state index in [-0.39, 0.29) is 12.4 Å². The van der Waals surface area contributed by atoms with E-state index in [0.717, 1.165) is 0 Å². The number of para-hydroxylation sites is 1. The average Bonchev–Trinajstić information content (AvgIpc) is 2.32. The Hall–Kier alpha value is -1.51. The molecule has 3 N–H and O–H groups in total. The predicted molar refractivity (Wildman–Crippen MR) is 62.4 cm³/mol. The van der Waals surface area contributed by atoms with Crippen LogP contribution in [0.2, 0.25) is 0 Å². The number of aromatic hydroxyl groups is 1. The zero-order valence-electron chi connectivity index (χ0n) is 8.88. The van der Waals surface area contributed by atoms with E-state index in [0.29, 0.717) is 12.3 Å². The lowest BCUT2D eigenvalue weighted by molar-refractivity contribution is -0.00000418. The largest absolute Gasteiger partial charge is 1.00 e. The number of nitrogens with two attached hydrogens (primary N) is 1. The molecule has 16 heavy (non-hydrogen) atoms. The highest BCUT2D eigenvalue weighted by Crippen LogP contribution is 2.02. The molecule has 86 valence electrons. The van der Waals surface area contributed by atoms with Crippen molar-refractivity contribution in [2.24, 2.45) is 5.73 Å². The molecule has 0 aliphatic rings. The first-order chi connectivity index (χ1) is 7.33. The van der Waals surface area contributed by atoms with Crippen LogP contribution >= 0.6 is 0 Å². The summed E-state index contributed by atoms with van der Waals surface area (Å²) in [6.07, 6.45) is 0. The quantitative estimate of drug-likeness (QED) is 0.704. The third kappa shape index (κ3) is 6.06. The third-order valence-corrected chi connectivity index (χ3v) is 1.83. The van der Waals surface area contributed by atoms with Gasteiger partial charge in [0.15, 0.2) is 0 Å². The van der Waals surface area contributed by atoms with E-state index in [1.807, 2.05) is 36.4 Å². The number of phenols is 1. The highest BCUT2D eigenvalue weighted by Gasteiger charge is 1.80. The number of rotatable bonds is 1. The SMILES string of the molecule is NCc1ccccc1.Oc1ccccc1.[Cl-]. The molecule has 0 saturated heterocycles. The molecule has 2 rings (SSSR count). The van der Waals surface area contributed by atoms with Crippen LogP contribution in [0.4, 0.5) is 0 Å². The standard InChI is InChI=1S/C7H9N.C6H6O.ClH/c8-6-7-4-2-1-3-5-7;7-6-4-2-1-3-5-6;/h1-5H,6,8H2;1-5,7H;1H/p-1. The summed E-state index contributed by atoms with van der Waals surface area (Å²) in [6, 6.07) is 18.7. The van der Waals surface area contributed by atoms with Crippen molar-refractivity contribution >= 4 is 0 Å². The van der Waals surface area contributed by atoms with Gasteiger partial charge in [-0.2, -0.15) is 0 Å². The molecule has 0 aliphatic carbocycles.